The molecule has 0 saturated carbocycles. The number of aryl methyl sites for hydroxylation is 1. The van der Waals surface area contributed by atoms with Gasteiger partial charge in [-0.2, -0.15) is 0 Å². The molecule has 0 spiro atoms. The maximum Gasteiger partial charge on any atom is 0.265 e. The van der Waals surface area contributed by atoms with Crippen LogP contribution in [0.4, 0.5) is 15.8 Å². The number of carbonyl (C=O) groups is 1. The number of hydrogen-bond acceptors (Lipinski definition) is 4. The molecule has 6 nitrogen and oxygen atoms in total. The van der Waals surface area contributed by atoms with Gasteiger partial charge in [-0.1, -0.05) is 36.4 Å². The molecule has 0 saturated heterocycles. The van der Waals surface area contributed by atoms with Crippen molar-refractivity contribution in [2.24, 2.45) is 0 Å². The van der Waals surface area contributed by atoms with Gasteiger partial charge in [0, 0.05) is 5.69 Å². The van der Waals surface area contributed by atoms with Gasteiger partial charge >= 0.3 is 0 Å². The predicted molar refractivity (Wildman–Crippen MR) is 114 cm³/mol. The van der Waals surface area contributed by atoms with E-state index in [0.717, 1.165) is 6.07 Å². The maximum atomic E-state index is 13.9. The number of ether oxygens (including phenoxy) is 1. The Hall–Kier alpha value is -3.39. The third kappa shape index (κ3) is 5.15. The minimum absolute atomic E-state index is 0.0693. The predicted octanol–water partition coefficient (Wildman–Crippen LogP) is 4.34. The molecule has 8 heteroatoms. The molecule has 0 aliphatic heterocycles. The first-order chi connectivity index (χ1) is 14.3. The molecule has 0 heterocycles. The van der Waals surface area contributed by atoms with Gasteiger partial charge in [-0.15, -0.1) is 0 Å². The van der Waals surface area contributed by atoms with Crippen LogP contribution < -0.4 is 14.8 Å². The molecule has 3 aromatic carbocycles. The van der Waals surface area contributed by atoms with E-state index in [-0.39, 0.29) is 16.3 Å². The van der Waals surface area contributed by atoms with Gasteiger partial charge in [0.2, 0.25) is 0 Å². The molecule has 156 valence electrons. The van der Waals surface area contributed by atoms with Gasteiger partial charge in [0.05, 0.1) is 10.6 Å². The van der Waals surface area contributed by atoms with E-state index >= 15 is 0 Å². The van der Waals surface area contributed by atoms with Crippen LogP contribution >= 0.6 is 0 Å². The van der Waals surface area contributed by atoms with Crippen molar-refractivity contribution in [1.82, 2.24) is 0 Å². The van der Waals surface area contributed by atoms with Gasteiger partial charge in [-0.25, -0.2) is 12.8 Å². The number of halogens is 1. The summed E-state index contributed by atoms with van der Waals surface area (Å²) < 4.78 is 47.2. The standard InChI is InChI=1S/C22H21FN2O4S/c1-15-12-13-17(24-22(26)16(2)29-18-8-4-3-5-9-18)14-21(15)30(27,28)25-20-11-7-6-10-19(20)23/h3-14,16,25H,1-2H3,(H,24,26). The lowest BCUT2D eigenvalue weighted by Crippen LogP contribution is -2.30. The molecular weight excluding hydrogens is 407 g/mol. The van der Waals surface area contributed by atoms with Crippen molar-refractivity contribution in [3.63, 3.8) is 0 Å². The average molecular weight is 428 g/mol. The number of nitrogens with one attached hydrogen (secondary N) is 2. The first-order valence-corrected chi connectivity index (χ1v) is 10.6. The van der Waals surface area contributed by atoms with E-state index in [1.54, 1.807) is 50.2 Å². The largest absolute Gasteiger partial charge is 0.481 e. The molecule has 0 bridgehead atoms. The molecule has 3 aromatic rings. The Morgan fingerprint density at radius 2 is 1.67 bits per heavy atom. The highest BCUT2D eigenvalue weighted by molar-refractivity contribution is 7.92. The molecule has 2 N–H and O–H groups in total. The van der Waals surface area contributed by atoms with E-state index in [4.69, 9.17) is 4.74 Å². The SMILES string of the molecule is Cc1ccc(NC(=O)C(C)Oc2ccccc2)cc1S(=O)(=O)Nc1ccccc1F. The lowest BCUT2D eigenvalue weighted by Gasteiger charge is -2.16. The molecule has 0 aliphatic carbocycles. The van der Waals surface area contributed by atoms with Crippen molar-refractivity contribution >= 4 is 27.3 Å². The second kappa shape index (κ2) is 8.96. The zero-order valence-corrected chi connectivity index (χ0v) is 17.2. The highest BCUT2D eigenvalue weighted by Crippen LogP contribution is 2.24. The summed E-state index contributed by atoms with van der Waals surface area (Å²) in [5.74, 6) is -0.579. The number of carbonyl (C=O) groups excluding carboxylic acids is 1. The van der Waals surface area contributed by atoms with Gasteiger partial charge in [0.25, 0.3) is 15.9 Å². The highest BCUT2D eigenvalue weighted by atomic mass is 32.2. The van der Waals surface area contributed by atoms with Gasteiger partial charge in [0.1, 0.15) is 11.6 Å². The Kier molecular flexibility index (Phi) is 6.37. The van der Waals surface area contributed by atoms with Crippen LogP contribution in [0.5, 0.6) is 5.75 Å². The second-order valence-corrected chi connectivity index (χ2v) is 8.28. The van der Waals surface area contributed by atoms with Crippen molar-refractivity contribution in [3.8, 4) is 5.75 Å². The van der Waals surface area contributed by atoms with E-state index in [1.807, 2.05) is 6.07 Å². The molecule has 1 atom stereocenters. The summed E-state index contributed by atoms with van der Waals surface area (Å²) in [5.41, 5.74) is 0.574. The molecule has 0 fully saturated rings. The van der Waals surface area contributed by atoms with E-state index in [0.29, 0.717) is 11.3 Å². The smallest absolute Gasteiger partial charge is 0.265 e. The molecule has 1 amide bonds. The molecule has 1 unspecified atom stereocenters. The Labute approximate surface area is 174 Å². The van der Waals surface area contributed by atoms with Crippen LogP contribution in [0.2, 0.25) is 0 Å². The second-order valence-electron chi connectivity index (χ2n) is 6.63. The number of anilines is 2. The molecular formula is C22H21FN2O4S. The van der Waals surface area contributed by atoms with Gasteiger partial charge in [-0.3, -0.25) is 9.52 Å². The fourth-order valence-electron chi connectivity index (χ4n) is 2.71. The summed E-state index contributed by atoms with van der Waals surface area (Å²) in [4.78, 5) is 12.4. The van der Waals surface area contributed by atoms with Crippen molar-refractivity contribution in [1.29, 1.82) is 0 Å². The van der Waals surface area contributed by atoms with Gasteiger partial charge in [0.15, 0.2) is 6.10 Å². The number of amides is 1. The summed E-state index contributed by atoms with van der Waals surface area (Å²) in [5, 5.41) is 2.65. The van der Waals surface area contributed by atoms with Crippen LogP contribution in [0.3, 0.4) is 0 Å². The van der Waals surface area contributed by atoms with Crippen LogP contribution in [-0.4, -0.2) is 20.4 Å². The van der Waals surface area contributed by atoms with Crippen LogP contribution in [-0.2, 0) is 14.8 Å². The summed E-state index contributed by atoms with van der Waals surface area (Å²) in [6.07, 6.45) is -0.801. The lowest BCUT2D eigenvalue weighted by atomic mass is 10.2. The minimum Gasteiger partial charge on any atom is -0.481 e. The number of rotatable bonds is 7. The third-order valence-corrected chi connectivity index (χ3v) is 5.80. The normalized spacial score (nSPS) is 12.1. The summed E-state index contributed by atoms with van der Waals surface area (Å²) in [7, 11) is -4.07. The maximum absolute atomic E-state index is 13.9. The molecule has 0 aromatic heterocycles. The monoisotopic (exact) mass is 428 g/mol. The number of hydrogen-bond donors (Lipinski definition) is 2. The Balaban J connectivity index is 1.77. The van der Waals surface area contributed by atoms with Crippen molar-refractivity contribution in [2.75, 3.05) is 10.0 Å². The number of benzene rings is 3. The average Bonchev–Trinajstić information content (AvgIpc) is 2.71. The fraction of sp³-hybridized carbons (Fsp3) is 0.136. The van der Waals surface area contributed by atoms with E-state index in [2.05, 4.69) is 10.0 Å². The van der Waals surface area contributed by atoms with E-state index in [1.165, 1.54) is 24.3 Å². The molecule has 0 aliphatic rings. The van der Waals surface area contributed by atoms with E-state index in [9.17, 15) is 17.6 Å². The Bertz CT molecular complexity index is 1150. The third-order valence-electron chi connectivity index (χ3n) is 4.29. The van der Waals surface area contributed by atoms with Crippen LogP contribution in [0.25, 0.3) is 0 Å². The minimum atomic E-state index is -4.07. The summed E-state index contributed by atoms with van der Waals surface area (Å²) in [6.45, 7) is 3.20. The van der Waals surface area contributed by atoms with Gasteiger partial charge < -0.3 is 10.1 Å². The number of sulfonamides is 1. The fourth-order valence-corrected chi connectivity index (χ4v) is 4.05. The summed E-state index contributed by atoms with van der Waals surface area (Å²) in [6, 6.07) is 18.8. The topological polar surface area (TPSA) is 84.5 Å². The first-order valence-electron chi connectivity index (χ1n) is 9.17. The lowest BCUT2D eigenvalue weighted by molar-refractivity contribution is -0.122. The molecule has 30 heavy (non-hydrogen) atoms. The van der Waals surface area contributed by atoms with E-state index < -0.39 is 27.9 Å². The highest BCUT2D eigenvalue weighted by Gasteiger charge is 2.21. The zero-order chi connectivity index (χ0) is 21.7. The zero-order valence-electron chi connectivity index (χ0n) is 16.4. The number of para-hydroxylation sites is 2. The first kappa shape index (κ1) is 21.3. The summed E-state index contributed by atoms with van der Waals surface area (Å²) >= 11 is 0. The van der Waals surface area contributed by atoms with Gasteiger partial charge in [-0.05, 0) is 55.8 Å². The molecule has 3 rings (SSSR count). The Morgan fingerprint density at radius 3 is 2.37 bits per heavy atom. The Morgan fingerprint density at radius 1 is 1.00 bits per heavy atom. The van der Waals surface area contributed by atoms with Crippen molar-refractivity contribution < 1.29 is 22.3 Å². The quantitative estimate of drug-likeness (QED) is 0.586. The van der Waals surface area contributed by atoms with Crippen LogP contribution in [0, 0.1) is 12.7 Å². The van der Waals surface area contributed by atoms with Crippen molar-refractivity contribution in [2.45, 2.75) is 24.8 Å². The molecule has 0 radical (unpaired) electrons. The van der Waals surface area contributed by atoms with Crippen LogP contribution in [0.1, 0.15) is 12.5 Å². The van der Waals surface area contributed by atoms with Crippen LogP contribution in [0.15, 0.2) is 77.7 Å². The van der Waals surface area contributed by atoms with Crippen molar-refractivity contribution in [3.05, 3.63) is 84.2 Å².